The van der Waals surface area contributed by atoms with Crippen LogP contribution < -0.4 is 14.8 Å². The Morgan fingerprint density at radius 3 is 2.95 bits per heavy atom. The fraction of sp³-hybridized carbons (Fsp3) is 0.312. The Balaban J connectivity index is 1.52. The molecule has 0 spiro atoms. The van der Waals surface area contributed by atoms with Crippen LogP contribution in [0.4, 0.5) is 0 Å². The number of ether oxygens (including phenoxy) is 2. The van der Waals surface area contributed by atoms with E-state index >= 15 is 0 Å². The third-order valence-electron chi connectivity index (χ3n) is 3.44. The summed E-state index contributed by atoms with van der Waals surface area (Å²) in [7, 11) is 0. The van der Waals surface area contributed by atoms with E-state index in [-0.39, 0.29) is 12.7 Å². The molecule has 1 aromatic carbocycles. The molecule has 0 bridgehead atoms. The normalized spacial score (nSPS) is 13.9. The van der Waals surface area contributed by atoms with Crippen molar-refractivity contribution in [2.24, 2.45) is 0 Å². The van der Waals surface area contributed by atoms with Crippen LogP contribution in [0.2, 0.25) is 0 Å². The Morgan fingerprint density at radius 1 is 1.36 bits per heavy atom. The fourth-order valence-electron chi connectivity index (χ4n) is 2.25. The maximum Gasteiger partial charge on any atom is 0.261 e. The van der Waals surface area contributed by atoms with Crippen LogP contribution >= 0.6 is 11.3 Å². The van der Waals surface area contributed by atoms with E-state index in [9.17, 15) is 9.90 Å². The summed E-state index contributed by atoms with van der Waals surface area (Å²) >= 11 is 1.42. The van der Waals surface area contributed by atoms with Crippen LogP contribution in [-0.4, -0.2) is 24.4 Å². The van der Waals surface area contributed by atoms with Gasteiger partial charge in [0.25, 0.3) is 5.91 Å². The lowest BCUT2D eigenvalue weighted by molar-refractivity contribution is 0.0946. The SMILES string of the molecule is Cc1csc(C(=O)NCCC(O)c2ccc3c(c2)OCO3)c1. The summed E-state index contributed by atoms with van der Waals surface area (Å²) in [6.45, 7) is 2.58. The number of amides is 1. The Bertz CT molecular complexity index is 683. The van der Waals surface area contributed by atoms with Crippen molar-refractivity contribution < 1.29 is 19.4 Å². The number of hydrogen-bond acceptors (Lipinski definition) is 5. The summed E-state index contributed by atoms with van der Waals surface area (Å²) in [4.78, 5) is 12.6. The van der Waals surface area contributed by atoms with Gasteiger partial charge in [0, 0.05) is 6.54 Å². The predicted molar refractivity (Wildman–Crippen MR) is 83.5 cm³/mol. The third kappa shape index (κ3) is 3.23. The second-order valence-electron chi connectivity index (χ2n) is 5.16. The van der Waals surface area contributed by atoms with E-state index in [1.165, 1.54) is 11.3 Å². The molecule has 0 radical (unpaired) electrons. The molecule has 116 valence electrons. The molecule has 1 aliphatic heterocycles. The van der Waals surface area contributed by atoms with Gasteiger partial charge in [-0.15, -0.1) is 11.3 Å². The molecule has 6 heteroatoms. The van der Waals surface area contributed by atoms with Gasteiger partial charge in [0.2, 0.25) is 6.79 Å². The summed E-state index contributed by atoms with van der Waals surface area (Å²) in [5.74, 6) is 1.24. The van der Waals surface area contributed by atoms with Crippen molar-refractivity contribution in [3.05, 3.63) is 45.6 Å². The monoisotopic (exact) mass is 319 g/mol. The first-order chi connectivity index (χ1) is 10.6. The molecule has 1 unspecified atom stereocenters. The molecular weight excluding hydrogens is 302 g/mol. The number of rotatable bonds is 5. The summed E-state index contributed by atoms with van der Waals surface area (Å²) in [6.07, 6.45) is -0.213. The number of aliphatic hydroxyl groups excluding tert-OH is 1. The van der Waals surface area contributed by atoms with Crippen LogP contribution in [0.3, 0.4) is 0 Å². The lowest BCUT2D eigenvalue weighted by Gasteiger charge is -2.12. The van der Waals surface area contributed by atoms with E-state index < -0.39 is 6.10 Å². The molecule has 0 aliphatic carbocycles. The number of aliphatic hydroxyl groups is 1. The zero-order valence-electron chi connectivity index (χ0n) is 12.2. The maximum absolute atomic E-state index is 11.9. The first kappa shape index (κ1) is 14.9. The van der Waals surface area contributed by atoms with Crippen molar-refractivity contribution in [3.63, 3.8) is 0 Å². The first-order valence-electron chi connectivity index (χ1n) is 7.04. The van der Waals surface area contributed by atoms with Gasteiger partial charge < -0.3 is 19.9 Å². The van der Waals surface area contributed by atoms with E-state index in [4.69, 9.17) is 9.47 Å². The zero-order valence-corrected chi connectivity index (χ0v) is 13.0. The highest BCUT2D eigenvalue weighted by Crippen LogP contribution is 2.34. The number of fused-ring (bicyclic) bond motifs is 1. The average Bonchev–Trinajstić information content (AvgIpc) is 3.14. The minimum absolute atomic E-state index is 0.101. The maximum atomic E-state index is 11.9. The van der Waals surface area contributed by atoms with E-state index in [1.807, 2.05) is 24.4 Å². The van der Waals surface area contributed by atoms with Crippen molar-refractivity contribution in [3.8, 4) is 11.5 Å². The van der Waals surface area contributed by atoms with Gasteiger partial charge in [-0.2, -0.15) is 0 Å². The van der Waals surface area contributed by atoms with Gasteiger partial charge in [-0.3, -0.25) is 4.79 Å². The van der Waals surface area contributed by atoms with Gasteiger partial charge >= 0.3 is 0 Å². The van der Waals surface area contributed by atoms with Crippen LogP contribution in [0.15, 0.2) is 29.6 Å². The average molecular weight is 319 g/mol. The van der Waals surface area contributed by atoms with Gasteiger partial charge in [0.1, 0.15) is 0 Å². The minimum Gasteiger partial charge on any atom is -0.454 e. The van der Waals surface area contributed by atoms with Crippen LogP contribution in [0, 0.1) is 6.92 Å². The smallest absolute Gasteiger partial charge is 0.261 e. The Kier molecular flexibility index (Phi) is 4.31. The summed E-state index contributed by atoms with van der Waals surface area (Å²) in [6, 6.07) is 7.22. The Hall–Kier alpha value is -2.05. The van der Waals surface area contributed by atoms with E-state index in [2.05, 4.69) is 5.32 Å². The van der Waals surface area contributed by atoms with E-state index in [0.29, 0.717) is 29.3 Å². The molecule has 0 fully saturated rings. The Morgan fingerprint density at radius 2 is 2.18 bits per heavy atom. The number of carbonyl (C=O) groups is 1. The number of nitrogens with one attached hydrogen (secondary N) is 1. The lowest BCUT2D eigenvalue weighted by atomic mass is 10.1. The topological polar surface area (TPSA) is 67.8 Å². The molecule has 1 atom stereocenters. The van der Waals surface area contributed by atoms with Crippen molar-refractivity contribution in [2.75, 3.05) is 13.3 Å². The Labute approximate surface area is 132 Å². The number of carbonyl (C=O) groups excluding carboxylic acids is 1. The van der Waals surface area contributed by atoms with Gasteiger partial charge in [-0.1, -0.05) is 6.07 Å². The molecule has 0 saturated heterocycles. The highest BCUT2D eigenvalue weighted by atomic mass is 32.1. The quantitative estimate of drug-likeness (QED) is 0.889. The predicted octanol–water partition coefficient (Wildman–Crippen LogP) is 2.64. The van der Waals surface area contributed by atoms with Crippen molar-refractivity contribution >= 4 is 17.2 Å². The van der Waals surface area contributed by atoms with Crippen LogP contribution in [0.25, 0.3) is 0 Å². The first-order valence-corrected chi connectivity index (χ1v) is 7.92. The molecule has 2 aromatic rings. The lowest BCUT2D eigenvalue weighted by Crippen LogP contribution is -2.24. The van der Waals surface area contributed by atoms with Gasteiger partial charge in [0.05, 0.1) is 11.0 Å². The standard InChI is InChI=1S/C16H17NO4S/c1-10-6-15(22-8-10)16(19)17-5-4-12(18)11-2-3-13-14(7-11)21-9-20-13/h2-3,6-8,12,18H,4-5,9H2,1H3,(H,17,19). The highest BCUT2D eigenvalue weighted by Gasteiger charge is 2.17. The van der Waals surface area contributed by atoms with Crippen LogP contribution in [0.1, 0.15) is 33.3 Å². The van der Waals surface area contributed by atoms with Crippen LogP contribution in [0.5, 0.6) is 11.5 Å². The summed E-state index contributed by atoms with van der Waals surface area (Å²) in [5, 5.41) is 15.0. The molecule has 2 heterocycles. The molecule has 1 amide bonds. The van der Waals surface area contributed by atoms with E-state index in [1.54, 1.807) is 12.1 Å². The van der Waals surface area contributed by atoms with Crippen molar-refractivity contribution in [1.29, 1.82) is 0 Å². The molecule has 1 aromatic heterocycles. The molecular formula is C16H17NO4S. The number of benzene rings is 1. The molecule has 0 saturated carbocycles. The second-order valence-corrected chi connectivity index (χ2v) is 6.07. The largest absolute Gasteiger partial charge is 0.454 e. The summed E-state index contributed by atoms with van der Waals surface area (Å²) < 4.78 is 10.5. The number of aryl methyl sites for hydroxylation is 1. The van der Waals surface area contributed by atoms with Gasteiger partial charge in [0.15, 0.2) is 11.5 Å². The van der Waals surface area contributed by atoms with Crippen molar-refractivity contribution in [1.82, 2.24) is 5.32 Å². The van der Waals surface area contributed by atoms with Crippen LogP contribution in [-0.2, 0) is 0 Å². The van der Waals surface area contributed by atoms with Gasteiger partial charge in [-0.25, -0.2) is 0 Å². The fourth-order valence-corrected chi connectivity index (χ4v) is 3.06. The van der Waals surface area contributed by atoms with Crippen molar-refractivity contribution in [2.45, 2.75) is 19.4 Å². The van der Waals surface area contributed by atoms with E-state index in [0.717, 1.165) is 11.1 Å². The molecule has 2 N–H and O–H groups in total. The second kappa shape index (κ2) is 6.37. The molecule has 3 rings (SSSR count). The number of thiophene rings is 1. The minimum atomic E-state index is -0.653. The molecule has 1 aliphatic rings. The molecule has 5 nitrogen and oxygen atoms in total. The molecule has 22 heavy (non-hydrogen) atoms. The number of hydrogen-bond donors (Lipinski definition) is 2. The third-order valence-corrected chi connectivity index (χ3v) is 4.49. The summed E-state index contributed by atoms with van der Waals surface area (Å²) in [5.41, 5.74) is 1.83. The van der Waals surface area contributed by atoms with Gasteiger partial charge in [-0.05, 0) is 48.1 Å². The highest BCUT2D eigenvalue weighted by molar-refractivity contribution is 7.12. The zero-order chi connectivity index (χ0) is 15.5.